The lowest BCUT2D eigenvalue weighted by Gasteiger charge is -2.35. The van der Waals surface area contributed by atoms with E-state index in [1.165, 1.54) is 28.9 Å². The van der Waals surface area contributed by atoms with Crippen molar-refractivity contribution in [3.63, 3.8) is 0 Å². The van der Waals surface area contributed by atoms with Crippen LogP contribution in [0.25, 0.3) is 0 Å². The van der Waals surface area contributed by atoms with Crippen molar-refractivity contribution in [1.29, 1.82) is 0 Å². The maximum Gasteiger partial charge on any atom is 0.0443 e. The predicted molar refractivity (Wildman–Crippen MR) is 90.0 cm³/mol. The van der Waals surface area contributed by atoms with Gasteiger partial charge in [-0.25, -0.2) is 0 Å². The van der Waals surface area contributed by atoms with Gasteiger partial charge in [-0.05, 0) is 48.1 Å². The summed E-state index contributed by atoms with van der Waals surface area (Å²) in [5, 5.41) is 0. The van der Waals surface area contributed by atoms with Gasteiger partial charge in [0.2, 0.25) is 0 Å². The number of hydrogen-bond donors (Lipinski definition) is 1. The van der Waals surface area contributed by atoms with Crippen LogP contribution in [0.1, 0.15) is 37.4 Å². The lowest BCUT2D eigenvalue weighted by molar-refractivity contribution is 0.562. The Morgan fingerprint density at radius 2 is 1.86 bits per heavy atom. The molecule has 1 heterocycles. The van der Waals surface area contributed by atoms with Gasteiger partial charge < -0.3 is 10.6 Å². The zero-order chi connectivity index (χ0) is 14.8. The second-order valence-corrected chi connectivity index (χ2v) is 6.15. The molecule has 0 radical (unpaired) electrons. The summed E-state index contributed by atoms with van der Waals surface area (Å²) in [5.41, 5.74) is 11.4. The van der Waals surface area contributed by atoms with Gasteiger partial charge in [-0.2, -0.15) is 0 Å². The second-order valence-electron chi connectivity index (χ2n) is 6.15. The van der Waals surface area contributed by atoms with E-state index in [9.17, 15) is 0 Å². The van der Waals surface area contributed by atoms with Crippen molar-refractivity contribution in [2.75, 3.05) is 11.4 Å². The van der Waals surface area contributed by atoms with Crippen LogP contribution in [0.15, 0.2) is 48.5 Å². The first-order valence-corrected chi connectivity index (χ1v) is 7.90. The van der Waals surface area contributed by atoms with Gasteiger partial charge in [0.15, 0.2) is 0 Å². The maximum atomic E-state index is 6.11. The van der Waals surface area contributed by atoms with Gasteiger partial charge in [-0.3, -0.25) is 0 Å². The number of nitrogens with two attached hydrogens (primary N) is 1. The Balaban J connectivity index is 1.93. The van der Waals surface area contributed by atoms with Crippen LogP contribution < -0.4 is 10.6 Å². The van der Waals surface area contributed by atoms with Crippen LogP contribution in [0.4, 0.5) is 11.4 Å². The topological polar surface area (TPSA) is 29.3 Å². The highest BCUT2D eigenvalue weighted by Crippen LogP contribution is 2.35. The summed E-state index contributed by atoms with van der Waals surface area (Å²) in [4.78, 5) is 2.44. The number of nitrogens with zero attached hydrogens (tertiary/aromatic N) is 1. The summed E-state index contributed by atoms with van der Waals surface area (Å²) in [6, 6.07) is 17.6. The fourth-order valence-corrected chi connectivity index (χ4v) is 3.18. The molecule has 2 unspecified atom stereocenters. The number of hydrogen-bond acceptors (Lipinski definition) is 2. The zero-order valence-corrected chi connectivity index (χ0v) is 12.9. The third-order valence-electron chi connectivity index (χ3n) is 4.42. The minimum Gasteiger partial charge on any atom is -0.341 e. The van der Waals surface area contributed by atoms with Crippen LogP contribution in [0, 0.1) is 5.92 Å². The Bertz CT molecular complexity index is 603. The zero-order valence-electron chi connectivity index (χ0n) is 12.9. The largest absolute Gasteiger partial charge is 0.341 e. The fourth-order valence-electron chi connectivity index (χ4n) is 3.18. The molecule has 0 saturated heterocycles. The van der Waals surface area contributed by atoms with E-state index < -0.39 is 0 Å². The molecule has 0 saturated carbocycles. The molecule has 0 aromatic heterocycles. The molecular weight excluding hydrogens is 256 g/mol. The summed E-state index contributed by atoms with van der Waals surface area (Å²) >= 11 is 0. The molecular formula is C19H24N2. The molecule has 0 aliphatic carbocycles. The molecule has 0 bridgehead atoms. The molecule has 110 valence electrons. The van der Waals surface area contributed by atoms with Crippen LogP contribution in [-0.4, -0.2) is 6.54 Å². The van der Waals surface area contributed by atoms with E-state index in [-0.39, 0.29) is 6.04 Å². The number of anilines is 2. The minimum absolute atomic E-state index is 0.145. The summed E-state index contributed by atoms with van der Waals surface area (Å²) in [5.74, 6) is 0.678. The van der Waals surface area contributed by atoms with Crippen molar-refractivity contribution in [3.05, 3.63) is 59.7 Å². The van der Waals surface area contributed by atoms with E-state index in [1.54, 1.807) is 0 Å². The van der Waals surface area contributed by atoms with E-state index in [1.807, 2.05) is 0 Å². The van der Waals surface area contributed by atoms with Gasteiger partial charge in [0, 0.05) is 24.0 Å². The van der Waals surface area contributed by atoms with Crippen molar-refractivity contribution < 1.29 is 0 Å². The predicted octanol–water partition coefficient (Wildman–Crippen LogP) is 4.43. The van der Waals surface area contributed by atoms with Crippen molar-refractivity contribution in [2.45, 2.75) is 32.7 Å². The standard InChI is InChI=1S/C19H24N2/c1-3-18(20)15-8-10-17(11-9-15)21-13-14(2)12-16-6-4-5-7-19(16)21/h4-11,14,18H,3,12-13,20H2,1-2H3. The summed E-state index contributed by atoms with van der Waals surface area (Å²) in [6.07, 6.45) is 2.15. The first-order chi connectivity index (χ1) is 10.2. The van der Waals surface area contributed by atoms with E-state index in [2.05, 4.69) is 67.3 Å². The molecule has 0 amide bonds. The van der Waals surface area contributed by atoms with Crippen LogP contribution in [0.2, 0.25) is 0 Å². The van der Waals surface area contributed by atoms with Crippen LogP contribution in [-0.2, 0) is 6.42 Å². The SMILES string of the molecule is CCC(N)c1ccc(N2CC(C)Cc3ccccc32)cc1. The molecule has 0 spiro atoms. The van der Waals surface area contributed by atoms with E-state index >= 15 is 0 Å². The van der Waals surface area contributed by atoms with Gasteiger partial charge in [-0.15, -0.1) is 0 Å². The van der Waals surface area contributed by atoms with Crippen LogP contribution >= 0.6 is 0 Å². The van der Waals surface area contributed by atoms with E-state index in [0.717, 1.165) is 13.0 Å². The number of benzene rings is 2. The molecule has 1 aliphatic rings. The van der Waals surface area contributed by atoms with Crippen molar-refractivity contribution in [2.24, 2.45) is 11.7 Å². The molecule has 3 rings (SSSR count). The molecule has 2 nitrogen and oxygen atoms in total. The third kappa shape index (κ3) is 2.81. The summed E-state index contributed by atoms with van der Waals surface area (Å²) < 4.78 is 0. The van der Waals surface area contributed by atoms with Gasteiger partial charge in [0.1, 0.15) is 0 Å². The Morgan fingerprint density at radius 3 is 2.57 bits per heavy atom. The maximum absolute atomic E-state index is 6.11. The summed E-state index contributed by atoms with van der Waals surface area (Å²) in [6.45, 7) is 5.53. The highest BCUT2D eigenvalue weighted by Gasteiger charge is 2.22. The number of para-hydroxylation sites is 1. The highest BCUT2D eigenvalue weighted by atomic mass is 15.1. The summed E-state index contributed by atoms with van der Waals surface area (Å²) in [7, 11) is 0. The molecule has 2 atom stereocenters. The molecule has 1 aliphatic heterocycles. The molecule has 2 aromatic carbocycles. The highest BCUT2D eigenvalue weighted by molar-refractivity contribution is 5.68. The lowest BCUT2D eigenvalue weighted by atomic mass is 9.93. The lowest BCUT2D eigenvalue weighted by Crippen LogP contribution is -2.30. The number of fused-ring (bicyclic) bond motifs is 1. The Labute approximate surface area is 127 Å². The van der Waals surface area contributed by atoms with E-state index in [4.69, 9.17) is 5.73 Å². The molecule has 21 heavy (non-hydrogen) atoms. The van der Waals surface area contributed by atoms with Crippen LogP contribution in [0.5, 0.6) is 0 Å². The second kappa shape index (κ2) is 5.90. The third-order valence-corrected chi connectivity index (χ3v) is 4.42. The van der Waals surface area contributed by atoms with Crippen molar-refractivity contribution >= 4 is 11.4 Å². The Kier molecular flexibility index (Phi) is 3.98. The Hall–Kier alpha value is -1.80. The monoisotopic (exact) mass is 280 g/mol. The van der Waals surface area contributed by atoms with Gasteiger partial charge >= 0.3 is 0 Å². The average molecular weight is 280 g/mol. The molecule has 2 heteroatoms. The molecule has 0 fully saturated rings. The van der Waals surface area contributed by atoms with Gasteiger partial charge in [-0.1, -0.05) is 44.2 Å². The van der Waals surface area contributed by atoms with Crippen LogP contribution in [0.3, 0.4) is 0 Å². The smallest absolute Gasteiger partial charge is 0.0443 e. The number of rotatable bonds is 3. The first-order valence-electron chi connectivity index (χ1n) is 7.90. The van der Waals surface area contributed by atoms with Gasteiger partial charge in [0.05, 0.1) is 0 Å². The minimum atomic E-state index is 0.145. The van der Waals surface area contributed by atoms with Crippen molar-refractivity contribution in [3.8, 4) is 0 Å². The van der Waals surface area contributed by atoms with Gasteiger partial charge in [0.25, 0.3) is 0 Å². The van der Waals surface area contributed by atoms with Crippen molar-refractivity contribution in [1.82, 2.24) is 0 Å². The quantitative estimate of drug-likeness (QED) is 0.901. The normalized spacial score (nSPS) is 19.2. The average Bonchev–Trinajstić information content (AvgIpc) is 2.53. The van der Waals surface area contributed by atoms with E-state index in [0.29, 0.717) is 5.92 Å². The molecule has 2 aromatic rings. The Morgan fingerprint density at radius 1 is 1.14 bits per heavy atom. The molecule has 2 N–H and O–H groups in total. The first kappa shape index (κ1) is 14.2. The fraction of sp³-hybridized carbons (Fsp3) is 0.368.